The molecule has 0 saturated carbocycles. The van der Waals surface area contributed by atoms with Crippen LogP contribution in [0.2, 0.25) is 19.6 Å². The van der Waals surface area contributed by atoms with E-state index in [-0.39, 0.29) is 0 Å². The quantitative estimate of drug-likeness (QED) is 0.634. The molecule has 0 bridgehead atoms. The molecule has 0 fully saturated rings. The van der Waals surface area contributed by atoms with Crippen LogP contribution in [0.5, 0.6) is 11.5 Å². The van der Waals surface area contributed by atoms with Crippen LogP contribution in [0.3, 0.4) is 0 Å². The van der Waals surface area contributed by atoms with Crippen LogP contribution < -0.4 is 9.47 Å². The number of ether oxygens (including phenoxy) is 2. The highest BCUT2D eigenvalue weighted by atomic mass is 28.4. The van der Waals surface area contributed by atoms with Gasteiger partial charge in [0.1, 0.15) is 17.3 Å². The van der Waals surface area contributed by atoms with E-state index in [1.54, 1.807) is 14.2 Å². The fourth-order valence-corrected chi connectivity index (χ4v) is 5.34. The van der Waals surface area contributed by atoms with E-state index in [0.29, 0.717) is 24.7 Å². The summed E-state index contributed by atoms with van der Waals surface area (Å²) >= 11 is 0. The van der Waals surface area contributed by atoms with Crippen LogP contribution in [0.15, 0.2) is 36.4 Å². The van der Waals surface area contributed by atoms with Crippen molar-refractivity contribution < 1.29 is 18.7 Å². The van der Waals surface area contributed by atoms with E-state index in [4.69, 9.17) is 13.9 Å². The van der Waals surface area contributed by atoms with E-state index >= 15 is 0 Å². The minimum Gasteiger partial charge on any atom is -0.497 e. The third-order valence-electron chi connectivity index (χ3n) is 5.59. The first-order valence-electron chi connectivity index (χ1n) is 10.8. The number of hydrogen-bond acceptors (Lipinski definition) is 4. The number of rotatable bonds is 4. The first-order chi connectivity index (χ1) is 14.3. The Bertz CT molecular complexity index is 885. The predicted molar refractivity (Wildman–Crippen MR) is 123 cm³/mol. The molecule has 2 aliphatic rings. The lowest BCUT2D eigenvalue weighted by atomic mass is 9.90. The van der Waals surface area contributed by atoms with Gasteiger partial charge in [-0.3, -0.25) is 4.79 Å². The number of carbonyl (C=O) groups is 1. The highest BCUT2D eigenvalue weighted by Gasteiger charge is 2.25. The molecule has 162 valence electrons. The number of ketones is 1. The van der Waals surface area contributed by atoms with Gasteiger partial charge in [-0.05, 0) is 91.8 Å². The average Bonchev–Trinajstić information content (AvgIpc) is 2.72. The Balaban J connectivity index is 0.000000177. The minimum atomic E-state index is -1.41. The van der Waals surface area contributed by atoms with Crippen molar-refractivity contribution >= 4 is 14.1 Å². The van der Waals surface area contributed by atoms with E-state index in [1.165, 1.54) is 16.7 Å². The third-order valence-corrected chi connectivity index (χ3v) is 6.63. The molecule has 0 aliphatic heterocycles. The molecule has 4 nitrogen and oxygen atoms in total. The molecule has 2 aromatic carbocycles. The molecule has 0 saturated heterocycles. The van der Waals surface area contributed by atoms with E-state index in [0.717, 1.165) is 42.7 Å². The molecule has 1 unspecified atom stereocenters. The lowest BCUT2D eigenvalue weighted by molar-refractivity contribution is -0.118. The largest absolute Gasteiger partial charge is 0.497 e. The summed E-state index contributed by atoms with van der Waals surface area (Å²) in [6.07, 6.45) is 5.88. The maximum Gasteiger partial charge on any atom is 0.184 e. The summed E-state index contributed by atoms with van der Waals surface area (Å²) in [6.45, 7) is 6.78. The number of Topliss-reactive ketones (excluding diaryl/α,β-unsaturated/α-hetero) is 1. The zero-order chi connectivity index (χ0) is 21.7. The van der Waals surface area contributed by atoms with E-state index in [1.807, 2.05) is 18.2 Å². The molecule has 2 aliphatic carbocycles. The van der Waals surface area contributed by atoms with Gasteiger partial charge in [0.25, 0.3) is 0 Å². The molecule has 0 radical (unpaired) electrons. The van der Waals surface area contributed by atoms with E-state index < -0.39 is 8.32 Å². The molecule has 0 heterocycles. The van der Waals surface area contributed by atoms with Gasteiger partial charge in [-0.1, -0.05) is 12.1 Å². The predicted octanol–water partition coefficient (Wildman–Crippen LogP) is 5.16. The molecule has 4 rings (SSSR count). The first-order valence-corrected chi connectivity index (χ1v) is 14.2. The molecule has 0 amide bonds. The smallest absolute Gasteiger partial charge is 0.184 e. The molecule has 0 aromatic heterocycles. The summed E-state index contributed by atoms with van der Waals surface area (Å²) in [7, 11) is 1.98. The van der Waals surface area contributed by atoms with Crippen LogP contribution in [0.4, 0.5) is 0 Å². The summed E-state index contributed by atoms with van der Waals surface area (Å²) in [5.74, 6) is 2.19. The van der Waals surface area contributed by atoms with E-state index in [2.05, 4.69) is 37.8 Å². The van der Waals surface area contributed by atoms with Gasteiger partial charge >= 0.3 is 0 Å². The Morgan fingerprint density at radius 2 is 1.40 bits per heavy atom. The van der Waals surface area contributed by atoms with Gasteiger partial charge in [-0.15, -0.1) is 0 Å². The van der Waals surface area contributed by atoms with Crippen molar-refractivity contribution in [3.63, 3.8) is 0 Å². The number of fused-ring (bicyclic) bond motifs is 2. The standard InChI is InChI=1S/C14H22O2Si.C11H12O2/c1-15-13-7-5-12-10-14(16-17(2,3)4)8-6-11(12)9-13;1-13-11-5-3-8-6-10(12)4-2-9(8)7-11/h5,7,9,14H,6,8,10H2,1-4H3;3,5,7H,2,4,6H2,1H3. The first kappa shape index (κ1) is 22.6. The van der Waals surface area contributed by atoms with Crippen molar-refractivity contribution in [1.82, 2.24) is 0 Å². The highest BCUT2D eigenvalue weighted by Crippen LogP contribution is 2.28. The molecule has 0 spiro atoms. The lowest BCUT2D eigenvalue weighted by Crippen LogP contribution is -2.35. The number of aryl methyl sites for hydroxylation is 2. The Morgan fingerprint density at radius 3 is 2.00 bits per heavy atom. The van der Waals surface area contributed by atoms with Gasteiger partial charge in [-0.25, -0.2) is 0 Å². The molecule has 30 heavy (non-hydrogen) atoms. The fraction of sp³-hybridized carbons (Fsp3) is 0.480. The van der Waals surface area contributed by atoms with Crippen molar-refractivity contribution in [1.29, 1.82) is 0 Å². The summed E-state index contributed by atoms with van der Waals surface area (Å²) in [4.78, 5) is 11.1. The van der Waals surface area contributed by atoms with Gasteiger partial charge in [-0.2, -0.15) is 0 Å². The van der Waals surface area contributed by atoms with Gasteiger partial charge < -0.3 is 13.9 Å². The summed E-state index contributed by atoms with van der Waals surface area (Å²) in [5.41, 5.74) is 5.29. The van der Waals surface area contributed by atoms with Crippen molar-refractivity contribution in [2.45, 2.75) is 64.3 Å². The Labute approximate surface area is 181 Å². The highest BCUT2D eigenvalue weighted by molar-refractivity contribution is 6.69. The number of benzene rings is 2. The molecule has 2 aromatic rings. The minimum absolute atomic E-state index is 0.345. The van der Waals surface area contributed by atoms with Gasteiger partial charge in [0, 0.05) is 18.9 Å². The normalized spacial score (nSPS) is 17.9. The average molecular weight is 427 g/mol. The Morgan fingerprint density at radius 1 is 0.800 bits per heavy atom. The number of hydrogen-bond donors (Lipinski definition) is 0. The van der Waals surface area contributed by atoms with Crippen LogP contribution in [-0.4, -0.2) is 34.4 Å². The Hall–Kier alpha value is -2.11. The van der Waals surface area contributed by atoms with Crippen LogP contribution >= 0.6 is 0 Å². The monoisotopic (exact) mass is 426 g/mol. The third kappa shape index (κ3) is 6.19. The van der Waals surface area contributed by atoms with Crippen LogP contribution in [0, 0.1) is 0 Å². The second-order valence-corrected chi connectivity index (χ2v) is 13.5. The number of methoxy groups -OCH3 is 2. The second kappa shape index (κ2) is 9.80. The van der Waals surface area contributed by atoms with Gasteiger partial charge in [0.05, 0.1) is 14.2 Å². The van der Waals surface area contributed by atoms with Crippen molar-refractivity contribution in [3.8, 4) is 11.5 Å². The number of carbonyl (C=O) groups excluding carboxylic acids is 1. The topological polar surface area (TPSA) is 44.8 Å². The zero-order valence-electron chi connectivity index (χ0n) is 18.9. The van der Waals surface area contributed by atoms with E-state index in [9.17, 15) is 4.79 Å². The lowest BCUT2D eigenvalue weighted by Gasteiger charge is -2.30. The van der Waals surface area contributed by atoms with Crippen LogP contribution in [-0.2, 0) is 34.9 Å². The molecule has 1 atom stereocenters. The maximum absolute atomic E-state index is 11.1. The summed E-state index contributed by atoms with van der Waals surface area (Å²) < 4.78 is 16.6. The molecule has 0 N–H and O–H groups in total. The summed E-state index contributed by atoms with van der Waals surface area (Å²) in [6, 6.07) is 12.3. The SMILES string of the molecule is COc1ccc2c(c1)CCC(=O)C2.COc1ccc2c(c1)CCC(O[Si](C)(C)C)C2. The van der Waals surface area contributed by atoms with Crippen molar-refractivity contribution in [3.05, 3.63) is 58.7 Å². The fourth-order valence-electron chi connectivity index (χ4n) is 4.13. The van der Waals surface area contributed by atoms with Gasteiger partial charge in [0.2, 0.25) is 0 Å². The zero-order valence-corrected chi connectivity index (χ0v) is 19.9. The summed E-state index contributed by atoms with van der Waals surface area (Å²) in [5, 5.41) is 0. The molecule has 5 heteroatoms. The molecular formula is C25H34O4Si. The Kier molecular flexibility index (Phi) is 7.37. The van der Waals surface area contributed by atoms with Crippen LogP contribution in [0.1, 0.15) is 35.1 Å². The molecular weight excluding hydrogens is 392 g/mol. The van der Waals surface area contributed by atoms with Crippen LogP contribution in [0.25, 0.3) is 0 Å². The second-order valence-electron chi connectivity index (χ2n) is 9.08. The maximum atomic E-state index is 11.1. The van der Waals surface area contributed by atoms with Crippen molar-refractivity contribution in [2.75, 3.05) is 14.2 Å². The van der Waals surface area contributed by atoms with Gasteiger partial charge in [0.15, 0.2) is 8.32 Å². The van der Waals surface area contributed by atoms with Crippen molar-refractivity contribution in [2.24, 2.45) is 0 Å².